The second-order valence-electron chi connectivity index (χ2n) is 5.35. The van der Waals surface area contributed by atoms with Gasteiger partial charge in [-0.25, -0.2) is 8.42 Å². The average Bonchev–Trinajstić information content (AvgIpc) is 2.68. The maximum absolute atomic E-state index is 12.6. The number of halogens is 3. The Morgan fingerprint density at radius 3 is 2.48 bits per heavy atom. The highest BCUT2D eigenvalue weighted by Gasteiger charge is 2.32. The van der Waals surface area contributed by atoms with Crippen molar-refractivity contribution < 1.29 is 13.2 Å². The lowest BCUT2D eigenvalue weighted by atomic mass is 10.1. The number of likely N-dealkylation sites (tertiary alicyclic amines) is 1. The fraction of sp³-hybridized carbons (Fsp3) is 0.462. The van der Waals surface area contributed by atoms with E-state index in [-0.39, 0.29) is 27.4 Å². The second kappa shape index (κ2) is 6.07. The molecule has 0 radical (unpaired) electrons. The second-order valence-corrected chi connectivity index (χ2v) is 9.18. The molecule has 2 atom stereocenters. The zero-order valence-electron chi connectivity index (χ0n) is 11.4. The third kappa shape index (κ3) is 3.55. The molecule has 2 unspecified atom stereocenters. The summed E-state index contributed by atoms with van der Waals surface area (Å²) < 4.78 is 23.5. The zero-order chi connectivity index (χ0) is 15.9. The minimum Gasteiger partial charge on any atom is -0.336 e. The minimum absolute atomic E-state index is 0.0959. The molecule has 1 aromatic carbocycles. The van der Waals surface area contributed by atoms with E-state index < -0.39 is 9.05 Å². The molecule has 0 saturated carbocycles. The van der Waals surface area contributed by atoms with Crippen LogP contribution in [-0.4, -0.2) is 31.8 Å². The van der Waals surface area contributed by atoms with Gasteiger partial charge in [-0.15, -0.1) is 0 Å². The molecule has 1 fully saturated rings. The lowest BCUT2D eigenvalue weighted by molar-refractivity contribution is 0.0743. The van der Waals surface area contributed by atoms with Crippen LogP contribution in [0.15, 0.2) is 21.5 Å². The van der Waals surface area contributed by atoms with Crippen molar-refractivity contribution in [2.45, 2.75) is 31.2 Å². The topological polar surface area (TPSA) is 54.5 Å². The Labute approximate surface area is 142 Å². The van der Waals surface area contributed by atoms with E-state index in [4.69, 9.17) is 22.3 Å². The van der Waals surface area contributed by atoms with Crippen molar-refractivity contribution >= 4 is 53.2 Å². The predicted molar refractivity (Wildman–Crippen MR) is 86.5 cm³/mol. The highest BCUT2D eigenvalue weighted by atomic mass is 79.9. The third-order valence-electron chi connectivity index (χ3n) is 3.54. The van der Waals surface area contributed by atoms with Crippen LogP contribution in [0.1, 0.15) is 30.6 Å². The van der Waals surface area contributed by atoms with Crippen LogP contribution < -0.4 is 0 Å². The highest BCUT2D eigenvalue weighted by molar-refractivity contribution is 9.10. The van der Waals surface area contributed by atoms with Crippen molar-refractivity contribution in [3.05, 3.63) is 27.2 Å². The predicted octanol–water partition coefficient (Wildman–Crippen LogP) is 3.90. The fourth-order valence-electron chi connectivity index (χ4n) is 2.63. The van der Waals surface area contributed by atoms with E-state index in [1.54, 1.807) is 4.90 Å². The van der Waals surface area contributed by atoms with Crippen molar-refractivity contribution in [1.82, 2.24) is 4.90 Å². The summed E-state index contributed by atoms with van der Waals surface area (Å²) in [6, 6.07) is 2.90. The molecule has 0 aromatic heterocycles. The molecule has 1 aromatic rings. The summed E-state index contributed by atoms with van der Waals surface area (Å²) in [4.78, 5) is 14.1. The van der Waals surface area contributed by atoms with E-state index in [0.717, 1.165) is 6.42 Å². The number of nitrogens with zero attached hydrogens (tertiary/aromatic N) is 1. The van der Waals surface area contributed by atoms with E-state index in [1.807, 2.05) is 6.92 Å². The molecule has 1 heterocycles. The molecule has 116 valence electrons. The van der Waals surface area contributed by atoms with Crippen LogP contribution in [0.25, 0.3) is 0 Å². The molecule has 0 aliphatic carbocycles. The molecular formula is C13H14BrCl2NO3S. The van der Waals surface area contributed by atoms with Gasteiger partial charge in [0.15, 0.2) is 0 Å². The maximum atomic E-state index is 12.6. The smallest absolute Gasteiger partial charge is 0.262 e. The lowest BCUT2D eigenvalue weighted by Gasteiger charge is -2.22. The van der Waals surface area contributed by atoms with E-state index in [0.29, 0.717) is 16.9 Å². The number of amides is 1. The quantitative estimate of drug-likeness (QED) is 0.689. The molecule has 2 rings (SSSR count). The summed E-state index contributed by atoms with van der Waals surface area (Å²) in [7, 11) is 1.35. The molecule has 1 amide bonds. The number of carbonyl (C=O) groups is 1. The molecule has 4 nitrogen and oxygen atoms in total. The van der Waals surface area contributed by atoms with Gasteiger partial charge in [0.25, 0.3) is 15.0 Å². The van der Waals surface area contributed by atoms with E-state index in [1.165, 1.54) is 12.1 Å². The van der Waals surface area contributed by atoms with Gasteiger partial charge >= 0.3 is 0 Å². The summed E-state index contributed by atoms with van der Waals surface area (Å²) in [6.07, 6.45) is 0.915. The molecule has 1 aliphatic rings. The van der Waals surface area contributed by atoms with Crippen LogP contribution in [0, 0.1) is 5.92 Å². The standard InChI is InChI=1S/C13H14BrCl2NO3S/c1-7-3-8(2)17(6-7)13(18)10-4-9(14)5-11(12(10)15)21(16,19)20/h4-5,7-8H,3,6H2,1-2H3. The highest BCUT2D eigenvalue weighted by Crippen LogP contribution is 2.34. The van der Waals surface area contributed by atoms with Crippen molar-refractivity contribution in [2.75, 3.05) is 6.54 Å². The van der Waals surface area contributed by atoms with Gasteiger partial charge in [-0.3, -0.25) is 4.79 Å². The van der Waals surface area contributed by atoms with Gasteiger partial charge in [-0.2, -0.15) is 0 Å². The van der Waals surface area contributed by atoms with Gasteiger partial charge in [0.05, 0.1) is 10.6 Å². The Kier molecular flexibility index (Phi) is 4.93. The molecular weight excluding hydrogens is 401 g/mol. The Morgan fingerprint density at radius 2 is 2.00 bits per heavy atom. The number of benzene rings is 1. The van der Waals surface area contributed by atoms with Gasteiger partial charge in [-0.05, 0) is 31.4 Å². The number of hydrogen-bond acceptors (Lipinski definition) is 3. The van der Waals surface area contributed by atoms with Gasteiger partial charge in [0, 0.05) is 27.7 Å². The van der Waals surface area contributed by atoms with Crippen molar-refractivity contribution in [1.29, 1.82) is 0 Å². The summed E-state index contributed by atoms with van der Waals surface area (Å²) in [6.45, 7) is 4.67. The largest absolute Gasteiger partial charge is 0.336 e. The van der Waals surface area contributed by atoms with Crippen LogP contribution >= 0.6 is 38.2 Å². The Balaban J connectivity index is 2.50. The molecule has 0 N–H and O–H groups in total. The van der Waals surface area contributed by atoms with Gasteiger partial charge in [0.2, 0.25) is 0 Å². The van der Waals surface area contributed by atoms with Crippen LogP contribution in [0.3, 0.4) is 0 Å². The first-order chi connectivity index (χ1) is 9.61. The lowest BCUT2D eigenvalue weighted by Crippen LogP contribution is -2.34. The Bertz CT molecular complexity index is 693. The van der Waals surface area contributed by atoms with Gasteiger partial charge in [0.1, 0.15) is 4.90 Å². The molecule has 1 aliphatic heterocycles. The van der Waals surface area contributed by atoms with Crippen LogP contribution in [0.4, 0.5) is 0 Å². The Morgan fingerprint density at radius 1 is 1.38 bits per heavy atom. The molecule has 21 heavy (non-hydrogen) atoms. The van der Waals surface area contributed by atoms with Gasteiger partial charge in [-0.1, -0.05) is 34.5 Å². The van der Waals surface area contributed by atoms with Crippen molar-refractivity contribution in [3.8, 4) is 0 Å². The Hall–Kier alpha value is -0.300. The summed E-state index contributed by atoms with van der Waals surface area (Å²) >= 11 is 9.28. The number of carbonyl (C=O) groups excluding carboxylic acids is 1. The molecule has 1 saturated heterocycles. The third-order valence-corrected chi connectivity index (χ3v) is 5.87. The maximum Gasteiger partial charge on any atom is 0.262 e. The summed E-state index contributed by atoms with van der Waals surface area (Å²) in [5, 5.41) is -0.134. The van der Waals surface area contributed by atoms with Crippen LogP contribution in [-0.2, 0) is 9.05 Å². The summed E-state index contributed by atoms with van der Waals surface area (Å²) in [5.41, 5.74) is 0.145. The summed E-state index contributed by atoms with van der Waals surface area (Å²) in [5.74, 6) is 0.130. The monoisotopic (exact) mass is 413 g/mol. The van der Waals surface area contributed by atoms with Gasteiger partial charge < -0.3 is 4.90 Å². The fourth-order valence-corrected chi connectivity index (χ4v) is 4.81. The van der Waals surface area contributed by atoms with Crippen molar-refractivity contribution in [3.63, 3.8) is 0 Å². The van der Waals surface area contributed by atoms with E-state index >= 15 is 0 Å². The molecule has 8 heteroatoms. The first-order valence-electron chi connectivity index (χ1n) is 6.36. The average molecular weight is 415 g/mol. The number of hydrogen-bond donors (Lipinski definition) is 0. The number of rotatable bonds is 2. The normalized spacial score (nSPS) is 22.6. The first kappa shape index (κ1) is 17.1. The van der Waals surface area contributed by atoms with Crippen molar-refractivity contribution in [2.24, 2.45) is 5.92 Å². The van der Waals surface area contributed by atoms with E-state index in [2.05, 4.69) is 22.9 Å². The first-order valence-corrected chi connectivity index (χ1v) is 9.84. The minimum atomic E-state index is -4.02. The molecule has 0 spiro atoms. The van der Waals surface area contributed by atoms with E-state index in [9.17, 15) is 13.2 Å². The zero-order valence-corrected chi connectivity index (χ0v) is 15.4. The van der Waals surface area contributed by atoms with Crippen LogP contribution in [0.5, 0.6) is 0 Å². The van der Waals surface area contributed by atoms with Crippen LogP contribution in [0.2, 0.25) is 5.02 Å². The molecule has 0 bridgehead atoms. The SMILES string of the molecule is CC1CC(C)N(C(=O)c2cc(Br)cc(S(=O)(=O)Cl)c2Cl)C1.